The summed E-state index contributed by atoms with van der Waals surface area (Å²) in [5, 5.41) is 0. The van der Waals surface area contributed by atoms with Crippen LogP contribution >= 0.6 is 0 Å². The Bertz CT molecular complexity index is 130. The fourth-order valence-electron chi connectivity index (χ4n) is 1.36. The highest BCUT2D eigenvalue weighted by molar-refractivity contribution is 5.00. The molecule has 0 aliphatic carbocycles. The first-order valence-electron chi connectivity index (χ1n) is 4.91. The molecule has 0 radical (unpaired) electrons. The van der Waals surface area contributed by atoms with Crippen molar-refractivity contribution in [2.75, 3.05) is 0 Å². The van der Waals surface area contributed by atoms with E-state index in [9.17, 15) is 0 Å². The first kappa shape index (κ1) is 11.7. The lowest BCUT2D eigenvalue weighted by atomic mass is 9.94. The highest BCUT2D eigenvalue weighted by atomic mass is 14.7. The molecule has 0 aromatic carbocycles. The van der Waals surface area contributed by atoms with Crippen molar-refractivity contribution in [3.05, 3.63) is 12.2 Å². The zero-order valence-corrected chi connectivity index (χ0v) is 8.82. The minimum Gasteiger partial charge on any atom is -0.325 e. The summed E-state index contributed by atoms with van der Waals surface area (Å²) in [6.07, 6.45) is 5.96. The van der Waals surface area contributed by atoms with E-state index in [2.05, 4.69) is 27.4 Å². The molecule has 0 rings (SSSR count). The normalized spacial score (nSPS) is 11.7. The van der Waals surface area contributed by atoms with Gasteiger partial charge in [0.25, 0.3) is 0 Å². The van der Waals surface area contributed by atoms with Crippen molar-refractivity contribution in [1.29, 1.82) is 0 Å². The smallest absolute Gasteiger partial charge is 0.0134 e. The monoisotopic (exact) mass is 169 g/mol. The van der Waals surface area contributed by atoms with E-state index in [0.717, 1.165) is 12.8 Å². The third-order valence-corrected chi connectivity index (χ3v) is 1.84. The molecule has 1 nitrogen and oxygen atoms in total. The molecule has 0 aliphatic heterocycles. The Kier molecular flexibility index (Phi) is 5.23. The van der Waals surface area contributed by atoms with Gasteiger partial charge in [0.05, 0.1) is 0 Å². The van der Waals surface area contributed by atoms with Gasteiger partial charge in [0.1, 0.15) is 0 Å². The molecule has 0 aromatic rings. The van der Waals surface area contributed by atoms with Gasteiger partial charge in [-0.2, -0.15) is 0 Å². The van der Waals surface area contributed by atoms with Gasteiger partial charge < -0.3 is 5.73 Å². The van der Waals surface area contributed by atoms with Crippen LogP contribution in [0, 0.1) is 0 Å². The quantitative estimate of drug-likeness (QED) is 0.479. The van der Waals surface area contributed by atoms with Crippen molar-refractivity contribution in [3.63, 3.8) is 0 Å². The van der Waals surface area contributed by atoms with Crippen molar-refractivity contribution in [3.8, 4) is 0 Å². The topological polar surface area (TPSA) is 26.0 Å². The van der Waals surface area contributed by atoms with E-state index in [-0.39, 0.29) is 5.54 Å². The molecule has 0 unspecified atom stereocenters. The summed E-state index contributed by atoms with van der Waals surface area (Å²) in [7, 11) is 0. The van der Waals surface area contributed by atoms with E-state index >= 15 is 0 Å². The Morgan fingerprint density at radius 1 is 1.33 bits per heavy atom. The van der Waals surface area contributed by atoms with Gasteiger partial charge in [-0.05, 0) is 33.1 Å². The summed E-state index contributed by atoms with van der Waals surface area (Å²) in [5.74, 6) is 0. The molecule has 0 saturated heterocycles. The van der Waals surface area contributed by atoms with Gasteiger partial charge in [-0.1, -0.05) is 31.9 Å². The molecule has 0 heterocycles. The minimum atomic E-state index is -0.0801. The largest absolute Gasteiger partial charge is 0.325 e. The van der Waals surface area contributed by atoms with Crippen LogP contribution in [0.3, 0.4) is 0 Å². The average molecular weight is 169 g/mol. The Labute approximate surface area is 77.0 Å². The first-order chi connectivity index (χ1) is 5.45. The predicted octanol–water partition coefficient (Wildman–Crippen LogP) is 3.25. The zero-order valence-electron chi connectivity index (χ0n) is 8.82. The molecule has 0 spiro atoms. The number of nitrogens with two attached hydrogens (primary N) is 1. The maximum atomic E-state index is 5.88. The Morgan fingerprint density at radius 3 is 2.33 bits per heavy atom. The lowest BCUT2D eigenvalue weighted by Gasteiger charge is -2.19. The van der Waals surface area contributed by atoms with Crippen LogP contribution in [-0.4, -0.2) is 5.54 Å². The maximum absolute atomic E-state index is 5.88. The molecule has 0 bridgehead atoms. The molecular weight excluding hydrogens is 146 g/mol. The Morgan fingerprint density at radius 2 is 1.92 bits per heavy atom. The summed E-state index contributed by atoms with van der Waals surface area (Å²) in [6.45, 7) is 10.4. The van der Waals surface area contributed by atoms with Crippen LogP contribution in [0.2, 0.25) is 0 Å². The Balaban J connectivity index is 3.47. The van der Waals surface area contributed by atoms with Crippen molar-refractivity contribution < 1.29 is 0 Å². The number of unbranched alkanes of at least 4 members (excludes halogenated alkanes) is 2. The third kappa shape index (κ3) is 7.80. The number of hydrogen-bond acceptors (Lipinski definition) is 1. The second-order valence-electron chi connectivity index (χ2n) is 4.37. The molecule has 0 aliphatic rings. The van der Waals surface area contributed by atoms with E-state index in [1.807, 2.05) is 0 Å². The van der Waals surface area contributed by atoms with Gasteiger partial charge in [0, 0.05) is 5.54 Å². The van der Waals surface area contributed by atoms with Gasteiger partial charge in [-0.3, -0.25) is 0 Å². The molecule has 12 heavy (non-hydrogen) atoms. The van der Waals surface area contributed by atoms with E-state index in [1.165, 1.54) is 24.8 Å². The highest BCUT2D eigenvalue weighted by Gasteiger charge is 2.11. The van der Waals surface area contributed by atoms with E-state index in [4.69, 9.17) is 5.73 Å². The fourth-order valence-corrected chi connectivity index (χ4v) is 1.36. The third-order valence-electron chi connectivity index (χ3n) is 1.84. The van der Waals surface area contributed by atoms with Crippen LogP contribution in [-0.2, 0) is 0 Å². The average Bonchev–Trinajstić information content (AvgIpc) is 1.84. The minimum absolute atomic E-state index is 0.0801. The molecule has 72 valence electrons. The molecule has 0 fully saturated rings. The van der Waals surface area contributed by atoms with Crippen molar-refractivity contribution in [2.24, 2.45) is 5.73 Å². The van der Waals surface area contributed by atoms with E-state index < -0.39 is 0 Å². The molecule has 0 saturated carbocycles. The molecule has 0 amide bonds. The maximum Gasteiger partial charge on any atom is 0.0134 e. The van der Waals surface area contributed by atoms with Crippen LogP contribution in [0.4, 0.5) is 0 Å². The summed E-state index contributed by atoms with van der Waals surface area (Å²) >= 11 is 0. The molecule has 0 atom stereocenters. The summed E-state index contributed by atoms with van der Waals surface area (Å²) in [5.41, 5.74) is 7.10. The molecule has 1 heteroatoms. The summed E-state index contributed by atoms with van der Waals surface area (Å²) in [4.78, 5) is 0. The second-order valence-corrected chi connectivity index (χ2v) is 4.37. The van der Waals surface area contributed by atoms with Crippen LogP contribution in [0.1, 0.15) is 52.9 Å². The molecular formula is C11H23N. The van der Waals surface area contributed by atoms with E-state index in [0.29, 0.717) is 0 Å². The van der Waals surface area contributed by atoms with Crippen molar-refractivity contribution >= 4 is 0 Å². The predicted molar refractivity (Wildman–Crippen MR) is 56.2 cm³/mol. The van der Waals surface area contributed by atoms with Gasteiger partial charge in [0.15, 0.2) is 0 Å². The van der Waals surface area contributed by atoms with Crippen LogP contribution < -0.4 is 5.73 Å². The molecule has 0 aromatic heterocycles. The number of hydrogen-bond donors (Lipinski definition) is 1. The summed E-state index contributed by atoms with van der Waals surface area (Å²) < 4.78 is 0. The van der Waals surface area contributed by atoms with Crippen LogP contribution in [0.5, 0.6) is 0 Å². The first-order valence-corrected chi connectivity index (χ1v) is 4.91. The van der Waals surface area contributed by atoms with Crippen molar-refractivity contribution in [2.45, 2.75) is 58.4 Å². The lowest BCUT2D eigenvalue weighted by molar-refractivity contribution is 0.502. The van der Waals surface area contributed by atoms with Gasteiger partial charge in [-0.15, -0.1) is 0 Å². The molecule has 2 N–H and O–H groups in total. The van der Waals surface area contributed by atoms with Crippen LogP contribution in [0.15, 0.2) is 12.2 Å². The van der Waals surface area contributed by atoms with Gasteiger partial charge in [-0.25, -0.2) is 0 Å². The zero-order chi connectivity index (χ0) is 9.61. The lowest BCUT2D eigenvalue weighted by Crippen LogP contribution is -2.32. The SMILES string of the molecule is C=C(CCCCC)CC(C)(C)N. The summed E-state index contributed by atoms with van der Waals surface area (Å²) in [6, 6.07) is 0. The fraction of sp³-hybridized carbons (Fsp3) is 0.818. The standard InChI is InChI=1S/C11H23N/c1-5-6-7-8-10(2)9-11(3,4)12/h2,5-9,12H2,1,3-4H3. The van der Waals surface area contributed by atoms with E-state index in [1.54, 1.807) is 0 Å². The van der Waals surface area contributed by atoms with Gasteiger partial charge in [0.2, 0.25) is 0 Å². The second kappa shape index (κ2) is 5.36. The number of rotatable bonds is 6. The van der Waals surface area contributed by atoms with Crippen molar-refractivity contribution in [1.82, 2.24) is 0 Å². The highest BCUT2D eigenvalue weighted by Crippen LogP contribution is 2.16. The Hall–Kier alpha value is -0.300. The van der Waals surface area contributed by atoms with Crippen LogP contribution in [0.25, 0.3) is 0 Å². The van der Waals surface area contributed by atoms with Gasteiger partial charge >= 0.3 is 0 Å².